The lowest BCUT2D eigenvalue weighted by Gasteiger charge is -2.03. The second kappa shape index (κ2) is 5.16. The normalized spacial score (nSPS) is 10.9. The van der Waals surface area contributed by atoms with Crippen LogP contribution in [0.3, 0.4) is 0 Å². The molecule has 0 radical (unpaired) electrons. The minimum Gasteiger partial charge on any atom is -0.334 e. The Balaban J connectivity index is 2.00. The van der Waals surface area contributed by atoms with Crippen LogP contribution in [0.15, 0.2) is 22.7 Å². The van der Waals surface area contributed by atoms with Crippen LogP contribution in [-0.4, -0.2) is 10.1 Å². The van der Waals surface area contributed by atoms with Crippen LogP contribution in [0, 0.1) is 12.7 Å². The molecule has 1 heterocycles. The van der Waals surface area contributed by atoms with Gasteiger partial charge in [-0.1, -0.05) is 31.1 Å². The number of aryl methyl sites for hydroxylation is 1. The zero-order valence-corrected chi connectivity index (χ0v) is 10.7. The Morgan fingerprint density at radius 3 is 2.78 bits per heavy atom. The number of nitrogens with zero attached hydrogens (tertiary/aromatic N) is 2. The molecular weight excluding hydrogens is 233 g/mol. The van der Waals surface area contributed by atoms with Gasteiger partial charge in [0.25, 0.3) is 0 Å². The Morgan fingerprint density at radius 1 is 1.39 bits per heavy atom. The van der Waals surface area contributed by atoms with Gasteiger partial charge in [0.05, 0.1) is 0 Å². The zero-order chi connectivity index (χ0) is 13.1. The lowest BCUT2D eigenvalue weighted by atomic mass is 10.1. The van der Waals surface area contributed by atoms with Gasteiger partial charge in [-0.3, -0.25) is 0 Å². The number of nitrogens with one attached hydrogen (secondary N) is 1. The van der Waals surface area contributed by atoms with Gasteiger partial charge >= 0.3 is 6.01 Å². The topological polar surface area (TPSA) is 51.0 Å². The second-order valence-electron chi connectivity index (χ2n) is 4.55. The predicted octanol–water partition coefficient (Wildman–Crippen LogP) is 3.25. The molecule has 2 aromatic rings. The summed E-state index contributed by atoms with van der Waals surface area (Å²) in [5, 5.41) is 6.81. The summed E-state index contributed by atoms with van der Waals surface area (Å²) in [5.74, 6) is 0.677. The highest BCUT2D eigenvalue weighted by atomic mass is 19.1. The van der Waals surface area contributed by atoms with E-state index in [2.05, 4.69) is 15.5 Å². The van der Waals surface area contributed by atoms with Crippen LogP contribution in [0.25, 0.3) is 0 Å². The summed E-state index contributed by atoms with van der Waals surface area (Å²) < 4.78 is 18.4. The number of aromatic nitrogens is 2. The molecule has 0 aliphatic heterocycles. The first kappa shape index (κ1) is 12.5. The summed E-state index contributed by atoms with van der Waals surface area (Å²) >= 11 is 0. The molecule has 1 aromatic heterocycles. The predicted molar refractivity (Wildman–Crippen MR) is 66.9 cm³/mol. The van der Waals surface area contributed by atoms with Gasteiger partial charge in [-0.25, -0.2) is 4.39 Å². The fourth-order valence-corrected chi connectivity index (χ4v) is 1.47. The first-order chi connectivity index (χ1) is 8.56. The van der Waals surface area contributed by atoms with Crippen LogP contribution in [0.1, 0.15) is 36.7 Å². The van der Waals surface area contributed by atoms with Crippen molar-refractivity contribution in [2.24, 2.45) is 0 Å². The van der Waals surface area contributed by atoms with Gasteiger partial charge in [0.1, 0.15) is 5.82 Å². The van der Waals surface area contributed by atoms with Crippen molar-refractivity contribution in [3.8, 4) is 0 Å². The highest BCUT2D eigenvalue weighted by Gasteiger charge is 2.09. The molecule has 1 N–H and O–H groups in total. The molecule has 96 valence electrons. The van der Waals surface area contributed by atoms with Crippen molar-refractivity contribution in [3.05, 3.63) is 41.0 Å². The van der Waals surface area contributed by atoms with E-state index in [1.165, 1.54) is 6.07 Å². The van der Waals surface area contributed by atoms with Gasteiger partial charge < -0.3 is 9.84 Å². The van der Waals surface area contributed by atoms with Crippen molar-refractivity contribution in [3.63, 3.8) is 0 Å². The number of hydrogen-bond acceptors (Lipinski definition) is 4. The first-order valence-electron chi connectivity index (χ1n) is 5.89. The van der Waals surface area contributed by atoms with Crippen molar-refractivity contribution in [1.82, 2.24) is 10.1 Å². The molecule has 2 rings (SSSR count). The van der Waals surface area contributed by atoms with Gasteiger partial charge in [0.15, 0.2) is 5.82 Å². The van der Waals surface area contributed by atoms with Crippen molar-refractivity contribution < 1.29 is 8.91 Å². The molecule has 18 heavy (non-hydrogen) atoms. The molecule has 0 saturated carbocycles. The average molecular weight is 249 g/mol. The summed E-state index contributed by atoms with van der Waals surface area (Å²) in [5.41, 5.74) is 1.47. The molecule has 0 fully saturated rings. The van der Waals surface area contributed by atoms with Crippen LogP contribution in [0.2, 0.25) is 0 Å². The Bertz CT molecular complexity index is 537. The standard InChI is InChI=1S/C13H16FN3O/c1-8(2)12-16-13(18-17-12)15-7-10-5-4-9(3)11(14)6-10/h4-6,8H,7H2,1-3H3,(H,15,16,17). The van der Waals surface area contributed by atoms with Crippen molar-refractivity contribution >= 4 is 6.01 Å². The third kappa shape index (κ3) is 2.85. The number of hydrogen-bond donors (Lipinski definition) is 1. The van der Waals surface area contributed by atoms with E-state index in [4.69, 9.17) is 4.52 Å². The van der Waals surface area contributed by atoms with Gasteiger partial charge in [-0.2, -0.15) is 4.98 Å². The summed E-state index contributed by atoms with van der Waals surface area (Å²) in [7, 11) is 0. The Hall–Kier alpha value is -1.91. The maximum atomic E-state index is 13.3. The highest BCUT2D eigenvalue weighted by Crippen LogP contribution is 2.14. The molecule has 4 nitrogen and oxygen atoms in total. The first-order valence-corrected chi connectivity index (χ1v) is 5.89. The van der Waals surface area contributed by atoms with Crippen LogP contribution in [0.5, 0.6) is 0 Å². The quantitative estimate of drug-likeness (QED) is 0.903. The third-order valence-electron chi connectivity index (χ3n) is 2.64. The lowest BCUT2D eigenvalue weighted by molar-refractivity contribution is 0.419. The highest BCUT2D eigenvalue weighted by molar-refractivity contribution is 5.27. The molecule has 0 unspecified atom stereocenters. The van der Waals surface area contributed by atoms with E-state index in [1.54, 1.807) is 13.0 Å². The molecular formula is C13H16FN3O. The molecule has 0 bridgehead atoms. The molecule has 0 spiro atoms. The molecule has 0 amide bonds. The smallest absolute Gasteiger partial charge is 0.321 e. The van der Waals surface area contributed by atoms with E-state index in [0.717, 1.165) is 5.56 Å². The fourth-order valence-electron chi connectivity index (χ4n) is 1.47. The number of rotatable bonds is 4. The van der Waals surface area contributed by atoms with E-state index < -0.39 is 0 Å². The van der Waals surface area contributed by atoms with Crippen molar-refractivity contribution in [2.45, 2.75) is 33.2 Å². The molecule has 0 atom stereocenters. The summed E-state index contributed by atoms with van der Waals surface area (Å²) in [6, 6.07) is 5.48. The van der Waals surface area contributed by atoms with Crippen molar-refractivity contribution in [2.75, 3.05) is 5.32 Å². The summed E-state index contributed by atoms with van der Waals surface area (Å²) in [4.78, 5) is 4.18. The van der Waals surface area contributed by atoms with Crippen molar-refractivity contribution in [1.29, 1.82) is 0 Å². The van der Waals surface area contributed by atoms with E-state index in [-0.39, 0.29) is 11.7 Å². The molecule has 0 saturated heterocycles. The van der Waals surface area contributed by atoms with Crippen LogP contribution < -0.4 is 5.32 Å². The van der Waals surface area contributed by atoms with E-state index in [1.807, 2.05) is 19.9 Å². The Morgan fingerprint density at radius 2 is 2.17 bits per heavy atom. The largest absolute Gasteiger partial charge is 0.334 e. The Kier molecular flexibility index (Phi) is 3.60. The molecule has 0 aliphatic carbocycles. The maximum absolute atomic E-state index is 13.3. The monoisotopic (exact) mass is 249 g/mol. The maximum Gasteiger partial charge on any atom is 0.321 e. The lowest BCUT2D eigenvalue weighted by Crippen LogP contribution is -2.01. The van der Waals surface area contributed by atoms with E-state index in [9.17, 15) is 4.39 Å². The minimum absolute atomic E-state index is 0.206. The third-order valence-corrected chi connectivity index (χ3v) is 2.64. The molecule has 1 aromatic carbocycles. The Labute approximate surface area is 105 Å². The van der Waals surface area contributed by atoms with Crippen LogP contribution in [-0.2, 0) is 6.54 Å². The molecule has 5 heteroatoms. The fraction of sp³-hybridized carbons (Fsp3) is 0.385. The zero-order valence-electron chi connectivity index (χ0n) is 10.7. The van der Waals surface area contributed by atoms with E-state index >= 15 is 0 Å². The van der Waals surface area contributed by atoms with Gasteiger partial charge in [-0.15, -0.1) is 0 Å². The number of halogens is 1. The average Bonchev–Trinajstić information content (AvgIpc) is 2.79. The van der Waals surface area contributed by atoms with Gasteiger partial charge in [0, 0.05) is 12.5 Å². The van der Waals surface area contributed by atoms with Gasteiger partial charge in [0.2, 0.25) is 0 Å². The summed E-state index contributed by atoms with van der Waals surface area (Å²) in [6.45, 7) is 6.17. The molecule has 0 aliphatic rings. The SMILES string of the molecule is Cc1ccc(CNc2nc(C(C)C)no2)cc1F. The van der Waals surface area contributed by atoms with E-state index in [0.29, 0.717) is 23.9 Å². The summed E-state index contributed by atoms with van der Waals surface area (Å²) in [6.07, 6.45) is 0. The second-order valence-corrected chi connectivity index (χ2v) is 4.55. The number of benzene rings is 1. The van der Waals surface area contributed by atoms with Crippen LogP contribution in [0.4, 0.5) is 10.4 Å². The van der Waals surface area contributed by atoms with Crippen LogP contribution >= 0.6 is 0 Å². The van der Waals surface area contributed by atoms with Gasteiger partial charge in [-0.05, 0) is 24.1 Å². The number of anilines is 1. The minimum atomic E-state index is -0.206.